The molecule has 0 atom stereocenters. The van der Waals surface area contributed by atoms with Crippen molar-refractivity contribution in [3.8, 4) is 0 Å². The van der Waals surface area contributed by atoms with E-state index >= 15 is 0 Å². The van der Waals surface area contributed by atoms with E-state index in [0.29, 0.717) is 19.0 Å². The summed E-state index contributed by atoms with van der Waals surface area (Å²) in [5.41, 5.74) is 0. The molecule has 1 aliphatic carbocycles. The van der Waals surface area contributed by atoms with Crippen LogP contribution in [-0.2, 0) is 9.59 Å². The van der Waals surface area contributed by atoms with Crippen LogP contribution in [0.5, 0.6) is 0 Å². The van der Waals surface area contributed by atoms with Crippen LogP contribution in [0.1, 0.15) is 58.8 Å². The van der Waals surface area contributed by atoms with Gasteiger partial charge in [-0.3, -0.25) is 9.59 Å². The highest BCUT2D eigenvalue weighted by Gasteiger charge is 2.23. The molecule has 1 fully saturated rings. The smallest absolute Gasteiger partial charge is 0.221 e. The van der Waals surface area contributed by atoms with Crippen LogP contribution in [0, 0.1) is 0 Å². The molecule has 0 bridgehead atoms. The third-order valence-corrected chi connectivity index (χ3v) is 3.57. The molecule has 1 aliphatic rings. The molecular weight excluding hydrogens is 228 g/mol. The number of nitrogens with zero attached hydrogens (tertiary/aromatic N) is 1. The third kappa shape index (κ3) is 5.07. The van der Waals surface area contributed by atoms with Crippen LogP contribution in [-0.4, -0.2) is 35.8 Å². The highest BCUT2D eigenvalue weighted by Crippen LogP contribution is 2.22. The van der Waals surface area contributed by atoms with Crippen LogP contribution in [0.15, 0.2) is 0 Å². The monoisotopic (exact) mass is 254 g/mol. The first-order valence-electron chi connectivity index (χ1n) is 7.19. The van der Waals surface area contributed by atoms with Crippen molar-refractivity contribution in [3.63, 3.8) is 0 Å². The van der Waals surface area contributed by atoms with Crippen molar-refractivity contribution in [2.24, 2.45) is 0 Å². The Labute approximate surface area is 110 Å². The topological polar surface area (TPSA) is 49.4 Å². The van der Waals surface area contributed by atoms with Crippen molar-refractivity contribution in [2.75, 3.05) is 13.1 Å². The fourth-order valence-electron chi connectivity index (χ4n) is 2.56. The first-order chi connectivity index (χ1) is 8.65. The average molecular weight is 254 g/mol. The molecule has 1 N–H and O–H groups in total. The second kappa shape index (κ2) is 8.11. The summed E-state index contributed by atoms with van der Waals surface area (Å²) in [4.78, 5) is 25.1. The molecule has 4 heteroatoms. The second-order valence-corrected chi connectivity index (χ2v) is 5.10. The van der Waals surface area contributed by atoms with Crippen LogP contribution >= 0.6 is 0 Å². The Hall–Kier alpha value is -1.06. The summed E-state index contributed by atoms with van der Waals surface area (Å²) in [6.45, 7) is 4.93. The average Bonchev–Trinajstić information content (AvgIpc) is 2.37. The van der Waals surface area contributed by atoms with Gasteiger partial charge in [0.15, 0.2) is 0 Å². The number of hydrogen-bond acceptors (Lipinski definition) is 2. The quantitative estimate of drug-likeness (QED) is 0.789. The Morgan fingerprint density at radius 1 is 1.22 bits per heavy atom. The SMILES string of the molecule is CCCNC(=O)CCN(C(C)=O)C1CCCCC1. The van der Waals surface area contributed by atoms with Crippen molar-refractivity contribution < 1.29 is 9.59 Å². The molecule has 1 saturated carbocycles. The van der Waals surface area contributed by atoms with Gasteiger partial charge < -0.3 is 10.2 Å². The van der Waals surface area contributed by atoms with E-state index in [1.807, 2.05) is 11.8 Å². The van der Waals surface area contributed by atoms with Crippen molar-refractivity contribution >= 4 is 11.8 Å². The zero-order valence-electron chi connectivity index (χ0n) is 11.7. The van der Waals surface area contributed by atoms with Crippen LogP contribution in [0.2, 0.25) is 0 Å². The van der Waals surface area contributed by atoms with Crippen LogP contribution in [0.3, 0.4) is 0 Å². The lowest BCUT2D eigenvalue weighted by atomic mass is 9.94. The minimum atomic E-state index is 0.0545. The molecule has 1 rings (SSSR count). The van der Waals surface area contributed by atoms with Crippen LogP contribution in [0.4, 0.5) is 0 Å². The Morgan fingerprint density at radius 2 is 1.89 bits per heavy atom. The minimum Gasteiger partial charge on any atom is -0.356 e. The Balaban J connectivity index is 2.37. The van der Waals surface area contributed by atoms with Crippen LogP contribution < -0.4 is 5.32 Å². The van der Waals surface area contributed by atoms with Gasteiger partial charge in [-0.2, -0.15) is 0 Å². The lowest BCUT2D eigenvalue weighted by Crippen LogP contribution is -2.42. The fourth-order valence-corrected chi connectivity index (χ4v) is 2.56. The van der Waals surface area contributed by atoms with Gasteiger partial charge in [-0.25, -0.2) is 0 Å². The van der Waals surface area contributed by atoms with E-state index in [1.54, 1.807) is 6.92 Å². The third-order valence-electron chi connectivity index (χ3n) is 3.57. The molecule has 0 saturated heterocycles. The van der Waals surface area contributed by atoms with E-state index in [0.717, 1.165) is 25.8 Å². The van der Waals surface area contributed by atoms with E-state index in [1.165, 1.54) is 19.3 Å². The standard InChI is InChI=1S/C14H26N2O2/c1-3-10-15-14(18)9-11-16(12(2)17)13-7-5-4-6-8-13/h13H,3-11H2,1-2H3,(H,15,18). The van der Waals surface area contributed by atoms with Gasteiger partial charge in [-0.05, 0) is 19.3 Å². The number of nitrogens with one attached hydrogen (secondary N) is 1. The summed E-state index contributed by atoms with van der Waals surface area (Å²) in [5, 5.41) is 2.85. The number of carbonyl (C=O) groups excluding carboxylic acids is 2. The predicted molar refractivity (Wildman–Crippen MR) is 72.2 cm³/mol. The van der Waals surface area contributed by atoms with Gasteiger partial charge in [-0.1, -0.05) is 26.2 Å². The number of rotatable bonds is 6. The highest BCUT2D eigenvalue weighted by atomic mass is 16.2. The van der Waals surface area contributed by atoms with Crippen molar-refractivity contribution in [1.82, 2.24) is 10.2 Å². The van der Waals surface area contributed by atoms with E-state index < -0.39 is 0 Å². The molecule has 0 heterocycles. The molecule has 0 aromatic rings. The Kier molecular flexibility index (Phi) is 6.76. The molecular formula is C14H26N2O2. The number of carbonyl (C=O) groups is 2. The van der Waals surface area contributed by atoms with Gasteiger partial charge >= 0.3 is 0 Å². The number of amides is 2. The molecule has 4 nitrogen and oxygen atoms in total. The Bertz CT molecular complexity index is 273. The van der Waals surface area contributed by atoms with Crippen molar-refractivity contribution in [3.05, 3.63) is 0 Å². The van der Waals surface area contributed by atoms with Gasteiger partial charge in [0.1, 0.15) is 0 Å². The van der Waals surface area contributed by atoms with Gasteiger partial charge in [0.25, 0.3) is 0 Å². The predicted octanol–water partition coefficient (Wildman–Crippen LogP) is 2.08. The summed E-state index contributed by atoms with van der Waals surface area (Å²) in [6, 6.07) is 0.357. The van der Waals surface area contributed by atoms with Gasteiger partial charge in [0.2, 0.25) is 11.8 Å². The maximum absolute atomic E-state index is 11.7. The lowest BCUT2D eigenvalue weighted by Gasteiger charge is -2.33. The summed E-state index contributed by atoms with van der Waals surface area (Å²) >= 11 is 0. The first kappa shape index (κ1) is 15.0. The van der Waals surface area contributed by atoms with E-state index in [9.17, 15) is 9.59 Å². The molecule has 0 aromatic carbocycles. The maximum atomic E-state index is 11.7. The second-order valence-electron chi connectivity index (χ2n) is 5.10. The van der Waals surface area contributed by atoms with Crippen LogP contribution in [0.25, 0.3) is 0 Å². The van der Waals surface area contributed by atoms with Gasteiger partial charge in [0.05, 0.1) is 0 Å². The molecule has 0 radical (unpaired) electrons. The molecule has 104 valence electrons. The highest BCUT2D eigenvalue weighted by molar-refractivity contribution is 5.78. The molecule has 0 aromatic heterocycles. The first-order valence-corrected chi connectivity index (χ1v) is 7.19. The molecule has 18 heavy (non-hydrogen) atoms. The van der Waals surface area contributed by atoms with Gasteiger partial charge in [-0.15, -0.1) is 0 Å². The number of hydrogen-bond donors (Lipinski definition) is 1. The van der Waals surface area contributed by atoms with Gasteiger partial charge in [0, 0.05) is 32.5 Å². The summed E-state index contributed by atoms with van der Waals surface area (Å²) < 4.78 is 0. The molecule has 2 amide bonds. The van der Waals surface area contributed by atoms with Crippen molar-refractivity contribution in [1.29, 1.82) is 0 Å². The largest absolute Gasteiger partial charge is 0.356 e. The Morgan fingerprint density at radius 3 is 2.44 bits per heavy atom. The zero-order valence-corrected chi connectivity index (χ0v) is 11.7. The summed E-state index contributed by atoms with van der Waals surface area (Å²) in [6.07, 6.45) is 7.25. The molecule has 0 aliphatic heterocycles. The molecule has 0 unspecified atom stereocenters. The molecule has 0 spiro atoms. The zero-order chi connectivity index (χ0) is 13.4. The normalized spacial score (nSPS) is 16.3. The maximum Gasteiger partial charge on any atom is 0.221 e. The fraction of sp³-hybridized carbons (Fsp3) is 0.857. The van der Waals surface area contributed by atoms with E-state index in [4.69, 9.17) is 0 Å². The van der Waals surface area contributed by atoms with Crippen molar-refractivity contribution in [2.45, 2.75) is 64.8 Å². The van der Waals surface area contributed by atoms with E-state index in [2.05, 4.69) is 5.32 Å². The minimum absolute atomic E-state index is 0.0545. The van der Waals surface area contributed by atoms with E-state index in [-0.39, 0.29) is 11.8 Å². The summed E-state index contributed by atoms with van der Waals surface area (Å²) in [5.74, 6) is 0.157. The lowest BCUT2D eigenvalue weighted by molar-refractivity contribution is -0.132. The summed E-state index contributed by atoms with van der Waals surface area (Å²) in [7, 11) is 0.